The summed E-state index contributed by atoms with van der Waals surface area (Å²) in [5.74, 6) is -0.342. The summed E-state index contributed by atoms with van der Waals surface area (Å²) in [6.45, 7) is 23.1. The zero-order chi connectivity index (χ0) is 32.1. The first-order chi connectivity index (χ1) is 20.1. The van der Waals surface area contributed by atoms with Crippen LogP contribution in [0.1, 0.15) is 67.9 Å². The largest absolute Gasteiger partial charge is 0.463 e. The van der Waals surface area contributed by atoms with Gasteiger partial charge in [-0.2, -0.15) is 0 Å². The predicted octanol–water partition coefficient (Wildman–Crippen LogP) is 7.23. The predicted molar refractivity (Wildman–Crippen MR) is 167 cm³/mol. The van der Waals surface area contributed by atoms with Crippen molar-refractivity contribution in [3.8, 4) is 0 Å². The summed E-state index contributed by atoms with van der Waals surface area (Å²) in [6.07, 6.45) is -2.91. The average Bonchev–Trinajstić information content (AvgIpc) is 2.94. The number of carbonyl (C=O) groups excluding carboxylic acids is 1. The molecule has 3 rings (SSSR count). The molecular weight excluding hydrogens is 566 g/mol. The number of ether oxygens (including phenoxy) is 5. The number of carbonyl (C=O) groups is 1. The van der Waals surface area contributed by atoms with Crippen LogP contribution in [-0.2, 0) is 39.5 Å². The molecule has 2 aliphatic heterocycles. The molecule has 0 N–H and O–H groups in total. The van der Waals surface area contributed by atoms with E-state index in [1.807, 2.05) is 44.2 Å². The smallest absolute Gasteiger partial charge is 0.302 e. The summed E-state index contributed by atoms with van der Waals surface area (Å²) in [5.41, 5.74) is 10.7. The fraction of sp³-hybridized carbons (Fsp3) is 0.781. The molecule has 43 heavy (non-hydrogen) atoms. The first-order valence-electron chi connectivity index (χ1n) is 15.6. The standard InChI is InChI=1S/C32H53N3O7Si/c1-19(2)32(8,9)43(10,11)42-31-27(34-35-33)21(4)29(26(40-31)18-37-24(7)36)41-30-22(5)28(20(3)23(6)39-30)38-17-25-15-13-12-14-16-25/h12-16,19-23,26-31H,17-18H2,1-11H3/t20-,21-,22+,23?,26?,27?,28?,29+,30+,31+/m1/s1. The van der Waals surface area contributed by atoms with E-state index in [-0.39, 0.29) is 41.6 Å². The van der Waals surface area contributed by atoms with E-state index in [0.29, 0.717) is 12.5 Å². The van der Waals surface area contributed by atoms with E-state index in [1.165, 1.54) is 6.92 Å². The second kappa shape index (κ2) is 14.9. The third kappa shape index (κ3) is 8.39. The van der Waals surface area contributed by atoms with Crippen molar-refractivity contribution in [3.05, 3.63) is 46.3 Å². The van der Waals surface area contributed by atoms with Crippen LogP contribution < -0.4 is 0 Å². The van der Waals surface area contributed by atoms with Crippen molar-refractivity contribution in [2.24, 2.45) is 28.8 Å². The van der Waals surface area contributed by atoms with Crippen molar-refractivity contribution in [3.63, 3.8) is 0 Å². The number of rotatable bonds is 12. The Bertz CT molecular complexity index is 1100. The van der Waals surface area contributed by atoms with Gasteiger partial charge >= 0.3 is 5.97 Å². The second-order valence-electron chi connectivity index (χ2n) is 13.7. The van der Waals surface area contributed by atoms with Crippen LogP contribution in [0.4, 0.5) is 0 Å². The second-order valence-corrected chi connectivity index (χ2v) is 18.2. The summed E-state index contributed by atoms with van der Waals surface area (Å²) in [7, 11) is -2.39. The summed E-state index contributed by atoms with van der Waals surface area (Å²) in [5, 5.41) is 4.06. The Morgan fingerprint density at radius 1 is 1.02 bits per heavy atom. The molecule has 0 saturated carbocycles. The number of azide groups is 1. The maximum absolute atomic E-state index is 11.9. The van der Waals surface area contributed by atoms with Gasteiger partial charge in [-0.05, 0) is 48.0 Å². The first kappa shape index (κ1) is 35.5. The SMILES string of the molecule is CC(=O)OCC1O[C@@H](O[Si](C)(C)C(C)(C)C(C)C)C(N=[N+]=[N-])[C@@H](C)[C@@H]1O[C@@H]1OC(C)[C@@H](C)C(OCc2ccccc2)[C@@H]1C. The summed E-state index contributed by atoms with van der Waals surface area (Å²) in [6, 6.07) is 9.44. The monoisotopic (exact) mass is 619 g/mol. The molecule has 11 heteroatoms. The Balaban J connectivity index is 1.87. The number of nitrogens with zero attached hydrogens (tertiary/aromatic N) is 3. The van der Waals surface area contributed by atoms with Crippen LogP contribution in [0.25, 0.3) is 10.4 Å². The number of benzene rings is 1. The van der Waals surface area contributed by atoms with E-state index in [2.05, 4.69) is 64.7 Å². The third-order valence-electron chi connectivity index (χ3n) is 10.2. The van der Waals surface area contributed by atoms with Gasteiger partial charge in [-0.3, -0.25) is 4.79 Å². The van der Waals surface area contributed by atoms with Crippen LogP contribution in [0.5, 0.6) is 0 Å². The minimum absolute atomic E-state index is 0.0241. The Morgan fingerprint density at radius 2 is 1.67 bits per heavy atom. The molecule has 10 atom stereocenters. The molecule has 4 unspecified atom stereocenters. The van der Waals surface area contributed by atoms with E-state index < -0.39 is 45.1 Å². The van der Waals surface area contributed by atoms with Gasteiger partial charge in [0.05, 0.1) is 31.0 Å². The fourth-order valence-electron chi connectivity index (χ4n) is 5.85. The number of esters is 1. The molecule has 2 saturated heterocycles. The zero-order valence-electron chi connectivity index (χ0n) is 27.9. The van der Waals surface area contributed by atoms with Crippen molar-refractivity contribution >= 4 is 14.3 Å². The lowest BCUT2D eigenvalue weighted by Gasteiger charge is -2.51. The lowest BCUT2D eigenvalue weighted by molar-refractivity contribution is -0.318. The zero-order valence-corrected chi connectivity index (χ0v) is 28.9. The van der Waals surface area contributed by atoms with E-state index in [4.69, 9.17) is 28.1 Å². The summed E-state index contributed by atoms with van der Waals surface area (Å²) in [4.78, 5) is 15.0. The Morgan fingerprint density at radius 3 is 2.26 bits per heavy atom. The van der Waals surface area contributed by atoms with E-state index in [9.17, 15) is 10.3 Å². The molecule has 0 bridgehead atoms. The van der Waals surface area contributed by atoms with Crippen molar-refractivity contribution in [2.45, 2.75) is 130 Å². The van der Waals surface area contributed by atoms with E-state index >= 15 is 0 Å². The van der Waals surface area contributed by atoms with Crippen LogP contribution in [0.2, 0.25) is 18.1 Å². The molecule has 0 aliphatic carbocycles. The Hall–Kier alpha value is -1.98. The number of hydrogen-bond acceptors (Lipinski definition) is 8. The molecule has 0 amide bonds. The van der Waals surface area contributed by atoms with Gasteiger partial charge in [0.25, 0.3) is 0 Å². The van der Waals surface area contributed by atoms with Gasteiger partial charge in [0.15, 0.2) is 20.9 Å². The molecule has 1 aromatic carbocycles. The van der Waals surface area contributed by atoms with Crippen molar-refractivity contribution < 1.29 is 32.9 Å². The highest BCUT2D eigenvalue weighted by atomic mass is 28.4. The van der Waals surface area contributed by atoms with Crippen LogP contribution in [0.15, 0.2) is 35.4 Å². The average molecular weight is 620 g/mol. The molecule has 2 heterocycles. The van der Waals surface area contributed by atoms with Gasteiger partial charge < -0.3 is 28.1 Å². The number of hydrogen-bond donors (Lipinski definition) is 0. The maximum atomic E-state index is 11.9. The topological polar surface area (TPSA) is 121 Å². The molecule has 0 spiro atoms. The van der Waals surface area contributed by atoms with E-state index in [1.54, 1.807) is 0 Å². The van der Waals surface area contributed by atoms with Gasteiger partial charge in [0.2, 0.25) is 0 Å². The molecule has 2 aliphatic rings. The van der Waals surface area contributed by atoms with Crippen LogP contribution in [0, 0.1) is 23.7 Å². The highest BCUT2D eigenvalue weighted by Gasteiger charge is 2.52. The van der Waals surface area contributed by atoms with Gasteiger partial charge in [-0.1, -0.05) is 83.9 Å². The fourth-order valence-corrected chi connectivity index (χ4v) is 8.32. The third-order valence-corrected chi connectivity index (χ3v) is 14.7. The normalized spacial score (nSPS) is 33.6. The van der Waals surface area contributed by atoms with Gasteiger partial charge in [-0.25, -0.2) is 0 Å². The molecule has 242 valence electrons. The maximum Gasteiger partial charge on any atom is 0.302 e. The van der Waals surface area contributed by atoms with Crippen LogP contribution in [0.3, 0.4) is 0 Å². The molecular formula is C32H53N3O7Si. The minimum Gasteiger partial charge on any atom is -0.463 e. The highest BCUT2D eigenvalue weighted by molar-refractivity contribution is 6.74. The van der Waals surface area contributed by atoms with Gasteiger partial charge in [-0.15, -0.1) is 0 Å². The molecule has 0 aromatic heterocycles. The van der Waals surface area contributed by atoms with Crippen molar-refractivity contribution in [2.75, 3.05) is 6.61 Å². The first-order valence-corrected chi connectivity index (χ1v) is 18.5. The van der Waals surface area contributed by atoms with Crippen LogP contribution in [-0.4, -0.2) is 63.9 Å². The summed E-state index contributed by atoms with van der Waals surface area (Å²) >= 11 is 0. The molecule has 1 aromatic rings. The lowest BCUT2D eigenvalue weighted by atomic mass is 9.85. The van der Waals surface area contributed by atoms with Gasteiger partial charge in [0.1, 0.15) is 12.7 Å². The minimum atomic E-state index is -2.39. The van der Waals surface area contributed by atoms with Crippen molar-refractivity contribution in [1.29, 1.82) is 0 Å². The molecule has 2 fully saturated rings. The lowest BCUT2D eigenvalue weighted by Crippen LogP contribution is -2.61. The molecule has 10 nitrogen and oxygen atoms in total. The Labute approximate surface area is 258 Å². The van der Waals surface area contributed by atoms with Crippen molar-refractivity contribution in [1.82, 2.24) is 0 Å². The summed E-state index contributed by atoms with van der Waals surface area (Å²) < 4.78 is 38.3. The molecule has 0 radical (unpaired) electrons. The highest BCUT2D eigenvalue weighted by Crippen LogP contribution is 2.47. The van der Waals surface area contributed by atoms with E-state index in [0.717, 1.165) is 5.56 Å². The van der Waals surface area contributed by atoms with Gasteiger partial charge in [0, 0.05) is 23.7 Å². The quantitative estimate of drug-likeness (QED) is 0.0795. The van der Waals surface area contributed by atoms with Crippen LogP contribution >= 0.6 is 0 Å². The Kier molecular flexibility index (Phi) is 12.3.